The van der Waals surface area contributed by atoms with Gasteiger partial charge in [-0.3, -0.25) is 4.68 Å². The van der Waals surface area contributed by atoms with Crippen molar-refractivity contribution in [1.82, 2.24) is 9.78 Å². The molecule has 5 nitrogen and oxygen atoms in total. The second-order valence-electron chi connectivity index (χ2n) is 5.15. The summed E-state index contributed by atoms with van der Waals surface area (Å²) in [5.41, 5.74) is 3.12. The van der Waals surface area contributed by atoms with E-state index in [0.717, 1.165) is 22.0 Å². The van der Waals surface area contributed by atoms with Crippen molar-refractivity contribution in [3.8, 4) is 5.88 Å². The fraction of sp³-hybridized carbons (Fsp3) is 0.176. The summed E-state index contributed by atoms with van der Waals surface area (Å²) >= 11 is 0. The largest absolute Gasteiger partial charge is 0.479 e. The number of hydrogen-bond donors (Lipinski definition) is 1. The number of ether oxygens (including phenoxy) is 1. The first-order valence-electron chi connectivity index (χ1n) is 6.99. The van der Waals surface area contributed by atoms with Crippen LogP contribution in [0.2, 0.25) is 0 Å². The number of aliphatic carboxylic acids is 1. The number of aromatic nitrogens is 2. The molecule has 0 spiro atoms. The van der Waals surface area contributed by atoms with Gasteiger partial charge < -0.3 is 9.84 Å². The van der Waals surface area contributed by atoms with E-state index in [1.54, 1.807) is 0 Å². The predicted molar refractivity (Wildman–Crippen MR) is 83.1 cm³/mol. The van der Waals surface area contributed by atoms with Gasteiger partial charge in [-0.1, -0.05) is 42.0 Å². The normalized spacial score (nSPS) is 10.8. The van der Waals surface area contributed by atoms with Crippen LogP contribution in [0, 0.1) is 6.92 Å². The molecule has 0 aliphatic rings. The minimum Gasteiger partial charge on any atom is -0.479 e. The monoisotopic (exact) mass is 296 g/mol. The lowest BCUT2D eigenvalue weighted by atomic mass is 10.2. The molecule has 0 unspecified atom stereocenters. The van der Waals surface area contributed by atoms with Gasteiger partial charge in [0.1, 0.15) is 0 Å². The van der Waals surface area contributed by atoms with E-state index in [0.29, 0.717) is 12.4 Å². The van der Waals surface area contributed by atoms with E-state index < -0.39 is 12.6 Å². The Kier molecular flexibility index (Phi) is 3.78. The molecule has 0 amide bonds. The summed E-state index contributed by atoms with van der Waals surface area (Å²) in [5.74, 6) is -0.657. The first kappa shape index (κ1) is 14.1. The van der Waals surface area contributed by atoms with Crippen molar-refractivity contribution in [3.63, 3.8) is 0 Å². The third-order valence-electron chi connectivity index (χ3n) is 3.38. The highest BCUT2D eigenvalue weighted by Crippen LogP contribution is 2.26. The first-order chi connectivity index (χ1) is 10.6. The van der Waals surface area contributed by atoms with Crippen LogP contribution in [0.25, 0.3) is 10.9 Å². The van der Waals surface area contributed by atoms with Gasteiger partial charge in [0, 0.05) is 0 Å². The van der Waals surface area contributed by atoms with Gasteiger partial charge in [-0.2, -0.15) is 0 Å². The van der Waals surface area contributed by atoms with Crippen molar-refractivity contribution >= 4 is 16.9 Å². The van der Waals surface area contributed by atoms with Crippen LogP contribution in [-0.4, -0.2) is 27.5 Å². The zero-order chi connectivity index (χ0) is 15.5. The second-order valence-corrected chi connectivity index (χ2v) is 5.15. The number of nitrogens with zero attached hydrogens (tertiary/aromatic N) is 2. The van der Waals surface area contributed by atoms with Crippen molar-refractivity contribution in [2.75, 3.05) is 6.61 Å². The van der Waals surface area contributed by atoms with Gasteiger partial charge in [0.2, 0.25) is 5.88 Å². The molecule has 3 aromatic rings. The van der Waals surface area contributed by atoms with Crippen molar-refractivity contribution in [3.05, 3.63) is 59.7 Å². The van der Waals surface area contributed by atoms with Gasteiger partial charge in [-0.05, 0) is 24.6 Å². The minimum atomic E-state index is -1.02. The lowest BCUT2D eigenvalue weighted by molar-refractivity contribution is -0.139. The fourth-order valence-electron chi connectivity index (χ4n) is 2.38. The molecule has 2 aromatic carbocycles. The molecular weight excluding hydrogens is 280 g/mol. The Labute approximate surface area is 127 Å². The molecule has 0 atom stereocenters. The van der Waals surface area contributed by atoms with Crippen molar-refractivity contribution in [2.24, 2.45) is 0 Å². The van der Waals surface area contributed by atoms with Crippen LogP contribution < -0.4 is 4.74 Å². The Hall–Kier alpha value is -2.82. The molecule has 0 radical (unpaired) electrons. The molecule has 3 rings (SSSR count). The van der Waals surface area contributed by atoms with Crippen LogP contribution in [0.5, 0.6) is 5.88 Å². The van der Waals surface area contributed by atoms with Crippen LogP contribution in [0.1, 0.15) is 11.1 Å². The Morgan fingerprint density at radius 2 is 2.00 bits per heavy atom. The van der Waals surface area contributed by atoms with E-state index in [-0.39, 0.29) is 0 Å². The van der Waals surface area contributed by atoms with Crippen LogP contribution >= 0.6 is 0 Å². The molecule has 0 saturated carbocycles. The average Bonchev–Trinajstić information content (AvgIpc) is 2.83. The van der Waals surface area contributed by atoms with E-state index in [4.69, 9.17) is 9.84 Å². The van der Waals surface area contributed by atoms with Crippen LogP contribution in [-0.2, 0) is 11.3 Å². The van der Waals surface area contributed by atoms with E-state index >= 15 is 0 Å². The zero-order valence-electron chi connectivity index (χ0n) is 12.2. The Balaban J connectivity index is 2.01. The fourth-order valence-corrected chi connectivity index (χ4v) is 2.38. The number of hydrogen-bond acceptors (Lipinski definition) is 3. The lowest BCUT2D eigenvalue weighted by Crippen LogP contribution is -2.10. The van der Waals surface area contributed by atoms with Gasteiger partial charge in [0.15, 0.2) is 6.61 Å². The standard InChI is InChI=1S/C17H16N2O3/c1-12-7-8-15-14(9-12)17(22-11-16(20)21)18-19(15)10-13-5-3-2-4-6-13/h2-9H,10-11H2,1H3,(H,20,21). The van der Waals surface area contributed by atoms with E-state index in [9.17, 15) is 4.79 Å². The van der Waals surface area contributed by atoms with Gasteiger partial charge in [-0.15, -0.1) is 5.10 Å². The molecular formula is C17H16N2O3. The summed E-state index contributed by atoms with van der Waals surface area (Å²) in [5, 5.41) is 14.0. The molecule has 112 valence electrons. The number of fused-ring (bicyclic) bond motifs is 1. The summed E-state index contributed by atoms with van der Waals surface area (Å²) in [6.07, 6.45) is 0. The van der Waals surface area contributed by atoms with Crippen molar-refractivity contribution < 1.29 is 14.6 Å². The molecule has 0 aliphatic carbocycles. The summed E-state index contributed by atoms with van der Waals surface area (Å²) in [6.45, 7) is 2.19. The van der Waals surface area contributed by atoms with Crippen molar-refractivity contribution in [2.45, 2.75) is 13.5 Å². The van der Waals surface area contributed by atoms with E-state index in [1.165, 1.54) is 0 Å². The van der Waals surface area contributed by atoms with Gasteiger partial charge in [0.05, 0.1) is 17.4 Å². The van der Waals surface area contributed by atoms with E-state index in [2.05, 4.69) is 5.10 Å². The zero-order valence-corrected chi connectivity index (χ0v) is 12.2. The van der Waals surface area contributed by atoms with Crippen LogP contribution in [0.3, 0.4) is 0 Å². The number of carboxylic acids is 1. The molecule has 1 heterocycles. The molecule has 0 bridgehead atoms. The quantitative estimate of drug-likeness (QED) is 0.786. The Morgan fingerprint density at radius 1 is 1.23 bits per heavy atom. The summed E-state index contributed by atoms with van der Waals surface area (Å²) < 4.78 is 7.16. The highest BCUT2D eigenvalue weighted by Gasteiger charge is 2.13. The van der Waals surface area contributed by atoms with Crippen LogP contribution in [0.15, 0.2) is 48.5 Å². The predicted octanol–water partition coefficient (Wildman–Crippen LogP) is 2.86. The summed E-state index contributed by atoms with van der Waals surface area (Å²) in [4.78, 5) is 10.7. The number of carboxylic acid groups (broad SMARTS) is 1. The highest BCUT2D eigenvalue weighted by molar-refractivity contribution is 5.85. The van der Waals surface area contributed by atoms with E-state index in [1.807, 2.05) is 60.1 Å². The van der Waals surface area contributed by atoms with Crippen LogP contribution in [0.4, 0.5) is 0 Å². The Bertz CT molecular complexity index is 809. The third kappa shape index (κ3) is 2.93. The number of rotatable bonds is 5. The Morgan fingerprint density at radius 3 is 2.73 bits per heavy atom. The number of benzene rings is 2. The molecule has 0 saturated heterocycles. The maximum atomic E-state index is 10.7. The molecule has 1 N–H and O–H groups in total. The number of carbonyl (C=O) groups is 1. The molecule has 22 heavy (non-hydrogen) atoms. The smallest absolute Gasteiger partial charge is 0.341 e. The highest BCUT2D eigenvalue weighted by atomic mass is 16.5. The van der Waals surface area contributed by atoms with Gasteiger partial charge in [-0.25, -0.2) is 4.79 Å². The van der Waals surface area contributed by atoms with Crippen molar-refractivity contribution in [1.29, 1.82) is 0 Å². The number of aryl methyl sites for hydroxylation is 1. The van der Waals surface area contributed by atoms with Gasteiger partial charge in [0.25, 0.3) is 0 Å². The molecule has 0 fully saturated rings. The maximum Gasteiger partial charge on any atom is 0.341 e. The summed E-state index contributed by atoms with van der Waals surface area (Å²) in [6, 6.07) is 15.9. The maximum absolute atomic E-state index is 10.7. The lowest BCUT2D eigenvalue weighted by Gasteiger charge is -2.03. The molecule has 0 aliphatic heterocycles. The average molecular weight is 296 g/mol. The van der Waals surface area contributed by atoms with Gasteiger partial charge >= 0.3 is 5.97 Å². The third-order valence-corrected chi connectivity index (χ3v) is 3.38. The molecule has 1 aromatic heterocycles. The topological polar surface area (TPSA) is 64.3 Å². The molecule has 5 heteroatoms. The first-order valence-corrected chi connectivity index (χ1v) is 6.99. The SMILES string of the molecule is Cc1ccc2c(c1)c(OCC(=O)O)nn2Cc1ccccc1. The summed E-state index contributed by atoms with van der Waals surface area (Å²) in [7, 11) is 0. The minimum absolute atomic E-state index is 0.358. The second kappa shape index (κ2) is 5.89.